The number of hydrogen-bond acceptors (Lipinski definition) is 3. The van der Waals surface area contributed by atoms with Crippen molar-refractivity contribution in [1.82, 2.24) is 0 Å². The van der Waals surface area contributed by atoms with Crippen LogP contribution in [0.4, 0.5) is 0 Å². The molecule has 3 nitrogen and oxygen atoms in total. The Bertz CT molecular complexity index is 263. The molecule has 3 heteroatoms. The highest BCUT2D eigenvalue weighted by Gasteiger charge is 2.04. The third-order valence-corrected chi connectivity index (χ3v) is 1.78. The van der Waals surface area contributed by atoms with Crippen molar-refractivity contribution < 1.29 is 9.84 Å². The van der Waals surface area contributed by atoms with Gasteiger partial charge in [-0.05, 0) is 13.0 Å². The van der Waals surface area contributed by atoms with Gasteiger partial charge in [0.25, 0.3) is 0 Å². The molecule has 1 atom stereocenters. The molecule has 1 aromatic carbocycles. The summed E-state index contributed by atoms with van der Waals surface area (Å²) in [5, 5.41) is 8.80. The standard InChI is InChI=1S/C10H15NO2/c1-8(7-12)13-10-5-3-2-4-9(10)6-11/h2-5,8,12H,6-7,11H2,1H3. The van der Waals surface area contributed by atoms with Crippen molar-refractivity contribution in [3.8, 4) is 5.75 Å². The third kappa shape index (κ3) is 2.72. The Kier molecular flexibility index (Phi) is 3.73. The minimum Gasteiger partial charge on any atom is -0.488 e. The van der Waals surface area contributed by atoms with Crippen LogP contribution in [0.15, 0.2) is 24.3 Å². The van der Waals surface area contributed by atoms with Crippen LogP contribution in [0.2, 0.25) is 0 Å². The first-order valence-electron chi connectivity index (χ1n) is 4.33. The van der Waals surface area contributed by atoms with Gasteiger partial charge in [-0.2, -0.15) is 0 Å². The van der Waals surface area contributed by atoms with Crippen molar-refractivity contribution in [3.05, 3.63) is 29.8 Å². The quantitative estimate of drug-likeness (QED) is 0.725. The zero-order valence-corrected chi connectivity index (χ0v) is 7.73. The first-order valence-corrected chi connectivity index (χ1v) is 4.33. The summed E-state index contributed by atoms with van der Waals surface area (Å²) >= 11 is 0. The average molecular weight is 181 g/mol. The van der Waals surface area contributed by atoms with E-state index < -0.39 is 0 Å². The van der Waals surface area contributed by atoms with Gasteiger partial charge in [-0.25, -0.2) is 0 Å². The van der Waals surface area contributed by atoms with Crippen LogP contribution >= 0.6 is 0 Å². The molecule has 0 bridgehead atoms. The number of benzene rings is 1. The number of aliphatic hydroxyl groups is 1. The van der Waals surface area contributed by atoms with E-state index in [0.717, 1.165) is 11.3 Å². The monoisotopic (exact) mass is 181 g/mol. The Morgan fingerprint density at radius 1 is 1.46 bits per heavy atom. The van der Waals surface area contributed by atoms with Crippen molar-refractivity contribution in [1.29, 1.82) is 0 Å². The number of hydrogen-bond donors (Lipinski definition) is 2. The summed E-state index contributed by atoms with van der Waals surface area (Å²) in [7, 11) is 0. The number of aliphatic hydroxyl groups excluding tert-OH is 1. The van der Waals surface area contributed by atoms with E-state index in [1.54, 1.807) is 0 Å². The molecule has 13 heavy (non-hydrogen) atoms. The van der Waals surface area contributed by atoms with Gasteiger partial charge in [0.05, 0.1) is 6.61 Å². The Morgan fingerprint density at radius 2 is 2.15 bits per heavy atom. The van der Waals surface area contributed by atoms with Crippen molar-refractivity contribution in [2.24, 2.45) is 5.73 Å². The largest absolute Gasteiger partial charge is 0.488 e. The van der Waals surface area contributed by atoms with E-state index in [2.05, 4.69) is 0 Å². The smallest absolute Gasteiger partial charge is 0.124 e. The van der Waals surface area contributed by atoms with E-state index in [1.807, 2.05) is 31.2 Å². The summed E-state index contributed by atoms with van der Waals surface area (Å²) in [5.41, 5.74) is 6.49. The van der Waals surface area contributed by atoms with Gasteiger partial charge in [-0.3, -0.25) is 0 Å². The molecule has 0 aliphatic heterocycles. The lowest BCUT2D eigenvalue weighted by atomic mass is 10.2. The molecule has 0 aliphatic carbocycles. The number of rotatable bonds is 4. The van der Waals surface area contributed by atoms with E-state index >= 15 is 0 Å². The lowest BCUT2D eigenvalue weighted by Gasteiger charge is -2.14. The van der Waals surface area contributed by atoms with Gasteiger partial charge in [-0.15, -0.1) is 0 Å². The molecule has 1 unspecified atom stereocenters. The van der Waals surface area contributed by atoms with E-state index in [4.69, 9.17) is 15.6 Å². The summed E-state index contributed by atoms with van der Waals surface area (Å²) in [4.78, 5) is 0. The predicted molar refractivity (Wildman–Crippen MR) is 51.5 cm³/mol. The molecule has 0 amide bonds. The minimum atomic E-state index is -0.187. The molecular weight excluding hydrogens is 166 g/mol. The molecule has 3 N–H and O–H groups in total. The zero-order valence-electron chi connectivity index (χ0n) is 7.73. The normalized spacial score (nSPS) is 12.5. The highest BCUT2D eigenvalue weighted by atomic mass is 16.5. The van der Waals surface area contributed by atoms with Gasteiger partial charge in [0.15, 0.2) is 0 Å². The second kappa shape index (κ2) is 4.84. The summed E-state index contributed by atoms with van der Waals surface area (Å²) in [5.74, 6) is 0.756. The maximum atomic E-state index is 8.80. The summed E-state index contributed by atoms with van der Waals surface area (Å²) in [6.45, 7) is 2.28. The number of ether oxygens (including phenoxy) is 1. The SMILES string of the molecule is CC(CO)Oc1ccccc1CN. The Hall–Kier alpha value is -1.06. The molecular formula is C10H15NO2. The van der Waals surface area contributed by atoms with Crippen LogP contribution in [-0.4, -0.2) is 17.8 Å². The summed E-state index contributed by atoms with van der Waals surface area (Å²) < 4.78 is 5.46. The van der Waals surface area contributed by atoms with Gasteiger partial charge < -0.3 is 15.6 Å². The lowest BCUT2D eigenvalue weighted by molar-refractivity contribution is 0.129. The molecule has 0 spiro atoms. The van der Waals surface area contributed by atoms with Crippen LogP contribution in [0, 0.1) is 0 Å². The maximum Gasteiger partial charge on any atom is 0.124 e. The molecule has 1 rings (SSSR count). The van der Waals surface area contributed by atoms with Crippen LogP contribution in [0.25, 0.3) is 0 Å². The van der Waals surface area contributed by atoms with Crippen molar-refractivity contribution >= 4 is 0 Å². The maximum absolute atomic E-state index is 8.80. The average Bonchev–Trinajstić information content (AvgIpc) is 2.18. The molecule has 0 heterocycles. The van der Waals surface area contributed by atoms with E-state index in [1.165, 1.54) is 0 Å². The molecule has 72 valence electrons. The topological polar surface area (TPSA) is 55.5 Å². The highest BCUT2D eigenvalue weighted by Crippen LogP contribution is 2.18. The Labute approximate surface area is 78.1 Å². The van der Waals surface area contributed by atoms with Crippen LogP contribution < -0.4 is 10.5 Å². The molecule has 0 saturated carbocycles. The minimum absolute atomic E-state index is 0.0128. The lowest BCUT2D eigenvalue weighted by Crippen LogP contribution is -2.17. The third-order valence-electron chi connectivity index (χ3n) is 1.78. The van der Waals surface area contributed by atoms with Crippen LogP contribution in [0.5, 0.6) is 5.75 Å². The first kappa shape index (κ1) is 10.0. The van der Waals surface area contributed by atoms with Crippen LogP contribution in [0.1, 0.15) is 12.5 Å². The van der Waals surface area contributed by atoms with Crippen LogP contribution in [-0.2, 0) is 6.54 Å². The fraction of sp³-hybridized carbons (Fsp3) is 0.400. The van der Waals surface area contributed by atoms with Crippen molar-refractivity contribution in [3.63, 3.8) is 0 Å². The summed E-state index contributed by atoms with van der Waals surface area (Å²) in [6.07, 6.45) is -0.187. The van der Waals surface area contributed by atoms with Crippen molar-refractivity contribution in [2.75, 3.05) is 6.61 Å². The summed E-state index contributed by atoms with van der Waals surface area (Å²) in [6, 6.07) is 7.57. The van der Waals surface area contributed by atoms with E-state index in [0.29, 0.717) is 6.54 Å². The fourth-order valence-electron chi connectivity index (χ4n) is 1.04. The number of nitrogens with two attached hydrogens (primary N) is 1. The van der Waals surface area contributed by atoms with Gasteiger partial charge in [-0.1, -0.05) is 18.2 Å². The molecule has 0 radical (unpaired) electrons. The fourth-order valence-corrected chi connectivity index (χ4v) is 1.04. The Morgan fingerprint density at radius 3 is 2.77 bits per heavy atom. The van der Waals surface area contributed by atoms with Crippen molar-refractivity contribution in [2.45, 2.75) is 19.6 Å². The molecule has 0 aliphatic rings. The second-order valence-corrected chi connectivity index (χ2v) is 2.92. The zero-order chi connectivity index (χ0) is 9.68. The highest BCUT2D eigenvalue weighted by molar-refractivity contribution is 5.33. The second-order valence-electron chi connectivity index (χ2n) is 2.92. The van der Waals surface area contributed by atoms with Gasteiger partial charge >= 0.3 is 0 Å². The van der Waals surface area contributed by atoms with E-state index in [9.17, 15) is 0 Å². The van der Waals surface area contributed by atoms with E-state index in [-0.39, 0.29) is 12.7 Å². The molecule has 0 saturated heterocycles. The number of para-hydroxylation sites is 1. The molecule has 1 aromatic rings. The Balaban J connectivity index is 2.74. The van der Waals surface area contributed by atoms with Crippen LogP contribution in [0.3, 0.4) is 0 Å². The van der Waals surface area contributed by atoms with Gasteiger partial charge in [0.1, 0.15) is 11.9 Å². The van der Waals surface area contributed by atoms with Gasteiger partial charge in [0, 0.05) is 12.1 Å². The molecule has 0 aromatic heterocycles. The first-order chi connectivity index (χ1) is 6.27. The predicted octanol–water partition coefficient (Wildman–Crippen LogP) is 0.905. The molecule has 0 fully saturated rings. The van der Waals surface area contributed by atoms with Gasteiger partial charge in [0.2, 0.25) is 0 Å².